The van der Waals surface area contributed by atoms with Crippen molar-refractivity contribution >= 4 is 24.1 Å². The maximum atomic E-state index is 12.1. The number of carbonyl (C=O) groups is 2. The number of ketones is 1. The molecule has 0 saturated carbocycles. The molecule has 0 atom stereocenters. The van der Waals surface area contributed by atoms with E-state index in [1.54, 1.807) is 24.3 Å². The van der Waals surface area contributed by atoms with Crippen molar-refractivity contribution < 1.29 is 14.3 Å². The highest BCUT2D eigenvalue weighted by Gasteiger charge is 2.11. The van der Waals surface area contributed by atoms with Crippen LogP contribution in [0.25, 0.3) is 0 Å². The molecule has 2 N–H and O–H groups in total. The lowest BCUT2D eigenvalue weighted by Gasteiger charge is -2.27. The highest BCUT2D eigenvalue weighted by Crippen LogP contribution is 2.14. The van der Waals surface area contributed by atoms with E-state index < -0.39 is 0 Å². The van der Waals surface area contributed by atoms with Crippen molar-refractivity contribution in [3.05, 3.63) is 29.8 Å². The Morgan fingerprint density at radius 1 is 1.15 bits per heavy atom. The van der Waals surface area contributed by atoms with Gasteiger partial charge in [0.1, 0.15) is 5.75 Å². The summed E-state index contributed by atoms with van der Waals surface area (Å²) in [5.41, 5.74) is 0.620. The molecule has 1 aromatic carbocycles. The number of ether oxygens (including phenoxy) is 1. The molecule has 2 rings (SSSR count). The van der Waals surface area contributed by atoms with Crippen LogP contribution in [0.15, 0.2) is 24.3 Å². The molecule has 0 radical (unpaired) electrons. The van der Waals surface area contributed by atoms with E-state index in [9.17, 15) is 9.59 Å². The van der Waals surface area contributed by atoms with Crippen LogP contribution in [0, 0.1) is 0 Å². The van der Waals surface area contributed by atoms with E-state index in [4.69, 9.17) is 4.74 Å². The average Bonchev–Trinajstić information content (AvgIpc) is 2.65. The lowest BCUT2D eigenvalue weighted by molar-refractivity contribution is -0.121. The first-order valence-corrected chi connectivity index (χ1v) is 9.15. The number of nitrogens with zero attached hydrogens (tertiary/aromatic N) is 1. The number of hydrogen-bond donors (Lipinski definition) is 2. The molecule has 6 nitrogen and oxygen atoms in total. The SMILES string of the molecule is CCOc1ccc(C(=O)CCC(=O)NCCCN2CCNCC2)cc1.Cl. The molecule has 1 saturated heterocycles. The first-order valence-electron chi connectivity index (χ1n) is 9.15. The molecule has 7 heteroatoms. The second kappa shape index (κ2) is 12.7. The monoisotopic (exact) mass is 383 g/mol. The van der Waals surface area contributed by atoms with Crippen LogP contribution in [-0.2, 0) is 4.79 Å². The molecule has 1 aliphatic heterocycles. The number of rotatable bonds is 10. The third kappa shape index (κ3) is 8.17. The van der Waals surface area contributed by atoms with Crippen molar-refractivity contribution in [3.63, 3.8) is 0 Å². The van der Waals surface area contributed by atoms with E-state index in [1.165, 1.54) is 0 Å². The van der Waals surface area contributed by atoms with Crippen LogP contribution in [0.4, 0.5) is 0 Å². The third-order valence-corrected chi connectivity index (χ3v) is 4.25. The van der Waals surface area contributed by atoms with Gasteiger partial charge in [-0.2, -0.15) is 0 Å². The summed E-state index contributed by atoms with van der Waals surface area (Å²) < 4.78 is 5.36. The average molecular weight is 384 g/mol. The van der Waals surface area contributed by atoms with Crippen molar-refractivity contribution in [1.29, 1.82) is 0 Å². The van der Waals surface area contributed by atoms with Gasteiger partial charge < -0.3 is 20.3 Å². The molecule has 1 heterocycles. The molecule has 146 valence electrons. The minimum Gasteiger partial charge on any atom is -0.494 e. The first-order chi connectivity index (χ1) is 12.2. The lowest BCUT2D eigenvalue weighted by atomic mass is 10.1. The summed E-state index contributed by atoms with van der Waals surface area (Å²) in [6.07, 6.45) is 1.41. The fourth-order valence-corrected chi connectivity index (χ4v) is 2.83. The topological polar surface area (TPSA) is 70.7 Å². The lowest BCUT2D eigenvalue weighted by Crippen LogP contribution is -2.44. The fourth-order valence-electron chi connectivity index (χ4n) is 2.83. The molecule has 1 amide bonds. The number of nitrogens with one attached hydrogen (secondary N) is 2. The van der Waals surface area contributed by atoms with Crippen molar-refractivity contribution in [2.45, 2.75) is 26.2 Å². The van der Waals surface area contributed by atoms with Crippen LogP contribution in [0.2, 0.25) is 0 Å². The maximum absolute atomic E-state index is 12.1. The number of benzene rings is 1. The summed E-state index contributed by atoms with van der Waals surface area (Å²) in [7, 11) is 0. The summed E-state index contributed by atoms with van der Waals surface area (Å²) in [5.74, 6) is 0.680. The molecule has 0 aliphatic carbocycles. The number of Topliss-reactive ketones (excluding diaryl/α,β-unsaturated/α-hetero) is 1. The van der Waals surface area contributed by atoms with Gasteiger partial charge in [0.15, 0.2) is 5.78 Å². The van der Waals surface area contributed by atoms with Gasteiger partial charge in [-0.05, 0) is 44.2 Å². The standard InChI is InChI=1S/C19H29N3O3.ClH/c1-2-25-17-6-4-16(5-7-17)18(23)8-9-19(24)21-10-3-13-22-14-11-20-12-15-22;/h4-7,20H,2-3,8-15H2,1H3,(H,21,24);1H. The Morgan fingerprint density at radius 3 is 2.50 bits per heavy atom. The van der Waals surface area contributed by atoms with Gasteiger partial charge in [-0.15, -0.1) is 12.4 Å². The van der Waals surface area contributed by atoms with E-state index in [1.807, 2.05) is 6.92 Å². The van der Waals surface area contributed by atoms with Crippen molar-refractivity contribution in [1.82, 2.24) is 15.5 Å². The predicted molar refractivity (Wildman–Crippen MR) is 105 cm³/mol. The summed E-state index contributed by atoms with van der Waals surface area (Å²) in [6, 6.07) is 7.07. The first kappa shape index (κ1) is 22.4. The molecule has 0 spiro atoms. The Hall–Kier alpha value is -1.63. The van der Waals surface area contributed by atoms with Crippen LogP contribution in [0.5, 0.6) is 5.75 Å². The largest absolute Gasteiger partial charge is 0.494 e. The smallest absolute Gasteiger partial charge is 0.220 e. The van der Waals surface area contributed by atoms with Gasteiger partial charge in [-0.3, -0.25) is 9.59 Å². The number of hydrogen-bond acceptors (Lipinski definition) is 5. The van der Waals surface area contributed by atoms with Crippen molar-refractivity contribution in [2.75, 3.05) is 45.9 Å². The zero-order valence-electron chi connectivity index (χ0n) is 15.5. The second-order valence-electron chi connectivity index (χ2n) is 6.18. The van der Waals surface area contributed by atoms with E-state index in [0.717, 1.165) is 44.9 Å². The van der Waals surface area contributed by atoms with Gasteiger partial charge in [0.05, 0.1) is 6.61 Å². The highest BCUT2D eigenvalue weighted by molar-refractivity contribution is 5.98. The van der Waals surface area contributed by atoms with E-state index in [0.29, 0.717) is 18.7 Å². The predicted octanol–water partition coefficient (Wildman–Crippen LogP) is 1.88. The van der Waals surface area contributed by atoms with Crippen LogP contribution < -0.4 is 15.4 Å². The Bertz CT molecular complexity index is 545. The second-order valence-corrected chi connectivity index (χ2v) is 6.18. The summed E-state index contributed by atoms with van der Waals surface area (Å²) >= 11 is 0. The fraction of sp³-hybridized carbons (Fsp3) is 0.579. The molecule has 0 unspecified atom stereocenters. The summed E-state index contributed by atoms with van der Waals surface area (Å²) in [4.78, 5) is 26.4. The number of piperazine rings is 1. The van der Waals surface area contributed by atoms with Gasteiger partial charge in [0, 0.05) is 51.1 Å². The van der Waals surface area contributed by atoms with Gasteiger partial charge >= 0.3 is 0 Å². The quantitative estimate of drug-likeness (QED) is 0.477. The van der Waals surface area contributed by atoms with Crippen LogP contribution in [-0.4, -0.2) is 62.5 Å². The Balaban J connectivity index is 0.00000338. The maximum Gasteiger partial charge on any atom is 0.220 e. The molecule has 26 heavy (non-hydrogen) atoms. The zero-order chi connectivity index (χ0) is 17.9. The van der Waals surface area contributed by atoms with Crippen LogP contribution >= 0.6 is 12.4 Å². The van der Waals surface area contributed by atoms with Gasteiger partial charge in [-0.1, -0.05) is 0 Å². The molecular formula is C19H30ClN3O3. The highest BCUT2D eigenvalue weighted by atomic mass is 35.5. The minimum absolute atomic E-state index is 0. The van der Waals surface area contributed by atoms with Gasteiger partial charge in [-0.25, -0.2) is 0 Å². The summed E-state index contributed by atoms with van der Waals surface area (Å²) in [6.45, 7) is 8.42. The Morgan fingerprint density at radius 2 is 1.85 bits per heavy atom. The van der Waals surface area contributed by atoms with Crippen LogP contribution in [0.1, 0.15) is 36.5 Å². The summed E-state index contributed by atoms with van der Waals surface area (Å²) in [5, 5.41) is 6.22. The third-order valence-electron chi connectivity index (χ3n) is 4.25. The molecular weight excluding hydrogens is 354 g/mol. The number of halogens is 1. The molecule has 1 aromatic rings. The number of amides is 1. The molecule has 1 fully saturated rings. The zero-order valence-corrected chi connectivity index (χ0v) is 16.3. The van der Waals surface area contributed by atoms with Crippen LogP contribution in [0.3, 0.4) is 0 Å². The van der Waals surface area contributed by atoms with Crippen molar-refractivity contribution in [3.8, 4) is 5.75 Å². The van der Waals surface area contributed by atoms with Crippen molar-refractivity contribution in [2.24, 2.45) is 0 Å². The number of carbonyl (C=O) groups excluding carboxylic acids is 2. The van der Waals surface area contributed by atoms with E-state index in [-0.39, 0.29) is 36.9 Å². The normalized spacial score (nSPS) is 14.3. The molecule has 0 bridgehead atoms. The van der Waals surface area contributed by atoms with E-state index in [2.05, 4.69) is 15.5 Å². The van der Waals surface area contributed by atoms with Gasteiger partial charge in [0.25, 0.3) is 0 Å². The van der Waals surface area contributed by atoms with E-state index >= 15 is 0 Å². The Labute approximate surface area is 162 Å². The minimum atomic E-state index is -0.0559. The molecule has 0 aromatic heterocycles. The van der Waals surface area contributed by atoms with Gasteiger partial charge in [0.2, 0.25) is 5.91 Å². The molecule has 1 aliphatic rings. The Kier molecular flexibility index (Phi) is 10.9.